The Morgan fingerprint density at radius 3 is 2.23 bits per heavy atom. The molecule has 0 radical (unpaired) electrons. The first-order chi connectivity index (χ1) is 10.7. The monoisotopic (exact) mass is 304 g/mol. The number of nitrogens with zero attached hydrogens (tertiary/aromatic N) is 1. The van der Waals surface area contributed by atoms with Crippen LogP contribution >= 0.6 is 0 Å². The topological polar surface area (TPSA) is 32.3 Å². The van der Waals surface area contributed by atoms with E-state index in [2.05, 4.69) is 5.32 Å². The first-order valence-electron chi connectivity index (χ1n) is 8.48. The summed E-state index contributed by atoms with van der Waals surface area (Å²) in [5.41, 5.74) is 1.17. The molecule has 0 unspecified atom stereocenters. The molecule has 1 N–H and O–H groups in total. The van der Waals surface area contributed by atoms with E-state index in [-0.39, 0.29) is 17.3 Å². The smallest absolute Gasteiger partial charge is 0.317 e. The molecule has 3 rings (SSSR count). The average molecular weight is 304 g/mol. The van der Waals surface area contributed by atoms with Crippen LogP contribution in [-0.4, -0.2) is 30.6 Å². The lowest BCUT2D eigenvalue weighted by atomic mass is 9.96. The number of carbonyl (C=O) groups excluding carboxylic acids is 1. The van der Waals surface area contributed by atoms with Crippen LogP contribution in [0.2, 0.25) is 0 Å². The molecule has 2 aliphatic rings. The van der Waals surface area contributed by atoms with Crippen molar-refractivity contribution in [2.75, 3.05) is 19.6 Å². The minimum absolute atomic E-state index is 0.0338. The van der Waals surface area contributed by atoms with Crippen LogP contribution in [0, 0.1) is 5.82 Å². The van der Waals surface area contributed by atoms with Gasteiger partial charge in [-0.1, -0.05) is 31.4 Å². The van der Waals surface area contributed by atoms with E-state index in [4.69, 9.17) is 0 Å². The first-order valence-corrected chi connectivity index (χ1v) is 8.48. The molecule has 0 aromatic heterocycles. The fourth-order valence-corrected chi connectivity index (χ4v) is 3.33. The van der Waals surface area contributed by atoms with Crippen LogP contribution in [0.5, 0.6) is 0 Å². The molecule has 0 bridgehead atoms. The largest absolute Gasteiger partial charge is 0.337 e. The molecular formula is C18H25FN2O. The van der Waals surface area contributed by atoms with Gasteiger partial charge in [0.2, 0.25) is 0 Å². The van der Waals surface area contributed by atoms with E-state index in [0.717, 1.165) is 44.3 Å². The number of amides is 2. The Bertz CT molecular complexity index is 502. The van der Waals surface area contributed by atoms with Gasteiger partial charge in [0.15, 0.2) is 0 Å². The van der Waals surface area contributed by atoms with Crippen LogP contribution in [0.25, 0.3) is 0 Å². The van der Waals surface area contributed by atoms with Gasteiger partial charge in [-0.15, -0.1) is 0 Å². The lowest BCUT2D eigenvalue weighted by Gasteiger charge is -2.26. The zero-order valence-electron chi connectivity index (χ0n) is 13.1. The third-order valence-corrected chi connectivity index (χ3v) is 5.03. The van der Waals surface area contributed by atoms with Gasteiger partial charge in [0.05, 0.1) is 0 Å². The molecule has 1 saturated carbocycles. The molecule has 4 heteroatoms. The third-order valence-electron chi connectivity index (χ3n) is 5.03. The lowest BCUT2D eigenvalue weighted by Crippen LogP contribution is -2.44. The second-order valence-electron chi connectivity index (χ2n) is 6.70. The Labute approximate surface area is 131 Å². The number of urea groups is 1. The SMILES string of the molecule is O=C(NCC1(c2ccc(F)cc2)CC1)N1CCCCCCC1. The number of rotatable bonds is 3. The minimum atomic E-state index is -0.204. The molecular weight excluding hydrogens is 279 g/mol. The Hall–Kier alpha value is -1.58. The van der Waals surface area contributed by atoms with Crippen LogP contribution in [0.1, 0.15) is 50.5 Å². The van der Waals surface area contributed by atoms with E-state index in [0.29, 0.717) is 6.54 Å². The molecule has 2 amide bonds. The van der Waals surface area contributed by atoms with Crippen LogP contribution in [0.3, 0.4) is 0 Å². The molecule has 1 saturated heterocycles. The van der Waals surface area contributed by atoms with Gasteiger partial charge in [0.1, 0.15) is 5.82 Å². The van der Waals surface area contributed by atoms with Crippen molar-refractivity contribution in [3.05, 3.63) is 35.6 Å². The van der Waals surface area contributed by atoms with Crippen molar-refractivity contribution in [3.63, 3.8) is 0 Å². The fraction of sp³-hybridized carbons (Fsp3) is 0.611. The molecule has 22 heavy (non-hydrogen) atoms. The minimum Gasteiger partial charge on any atom is -0.337 e. The number of benzene rings is 1. The van der Waals surface area contributed by atoms with E-state index in [1.807, 2.05) is 17.0 Å². The molecule has 2 fully saturated rings. The second-order valence-corrected chi connectivity index (χ2v) is 6.70. The van der Waals surface area contributed by atoms with E-state index >= 15 is 0 Å². The molecule has 120 valence electrons. The Balaban J connectivity index is 1.55. The summed E-state index contributed by atoms with van der Waals surface area (Å²) in [6.45, 7) is 2.40. The highest BCUT2D eigenvalue weighted by Gasteiger charge is 2.44. The number of carbonyl (C=O) groups is 1. The third kappa shape index (κ3) is 3.60. The van der Waals surface area contributed by atoms with Gasteiger partial charge in [-0.25, -0.2) is 9.18 Å². The standard InChI is InChI=1S/C18H25FN2O/c19-16-8-6-15(7-9-16)18(10-11-18)14-20-17(22)21-12-4-2-1-3-5-13-21/h6-9H,1-5,10-14H2,(H,20,22). The maximum Gasteiger partial charge on any atom is 0.317 e. The van der Waals surface area contributed by atoms with Crippen molar-refractivity contribution in [1.82, 2.24) is 10.2 Å². The second kappa shape index (κ2) is 6.67. The first kappa shape index (κ1) is 15.3. The van der Waals surface area contributed by atoms with Crippen LogP contribution < -0.4 is 5.32 Å². The van der Waals surface area contributed by atoms with Gasteiger partial charge < -0.3 is 10.2 Å². The molecule has 1 aromatic rings. The predicted octanol–water partition coefficient (Wildman–Crippen LogP) is 3.83. The van der Waals surface area contributed by atoms with Gasteiger partial charge in [0.25, 0.3) is 0 Å². The molecule has 1 aliphatic heterocycles. The summed E-state index contributed by atoms with van der Waals surface area (Å²) >= 11 is 0. The van der Waals surface area contributed by atoms with E-state index < -0.39 is 0 Å². The van der Waals surface area contributed by atoms with Crippen molar-refractivity contribution in [3.8, 4) is 0 Å². The van der Waals surface area contributed by atoms with Crippen molar-refractivity contribution in [2.45, 2.75) is 50.4 Å². The van der Waals surface area contributed by atoms with Crippen LogP contribution in [-0.2, 0) is 5.41 Å². The summed E-state index contributed by atoms with van der Waals surface area (Å²) < 4.78 is 13.0. The van der Waals surface area contributed by atoms with Gasteiger partial charge in [-0.3, -0.25) is 0 Å². The zero-order valence-corrected chi connectivity index (χ0v) is 13.1. The predicted molar refractivity (Wildman–Crippen MR) is 85.4 cm³/mol. The number of hydrogen-bond acceptors (Lipinski definition) is 1. The number of nitrogens with one attached hydrogen (secondary N) is 1. The molecule has 3 nitrogen and oxygen atoms in total. The lowest BCUT2D eigenvalue weighted by molar-refractivity contribution is 0.191. The summed E-state index contributed by atoms with van der Waals surface area (Å²) in [6, 6.07) is 6.79. The number of halogens is 1. The van der Waals surface area contributed by atoms with Gasteiger partial charge >= 0.3 is 6.03 Å². The van der Waals surface area contributed by atoms with Crippen molar-refractivity contribution in [1.29, 1.82) is 0 Å². The highest BCUT2D eigenvalue weighted by molar-refractivity contribution is 5.74. The number of likely N-dealkylation sites (tertiary alicyclic amines) is 1. The van der Waals surface area contributed by atoms with Gasteiger partial charge in [-0.2, -0.15) is 0 Å². The fourth-order valence-electron chi connectivity index (χ4n) is 3.33. The molecule has 0 spiro atoms. The van der Waals surface area contributed by atoms with Crippen molar-refractivity contribution >= 4 is 6.03 Å². The summed E-state index contributed by atoms with van der Waals surface area (Å²) in [5, 5.41) is 3.11. The van der Waals surface area contributed by atoms with Crippen LogP contribution in [0.4, 0.5) is 9.18 Å². The summed E-state index contributed by atoms with van der Waals surface area (Å²) in [4.78, 5) is 14.3. The molecule has 1 aromatic carbocycles. The van der Waals surface area contributed by atoms with E-state index in [9.17, 15) is 9.18 Å². The number of hydrogen-bond donors (Lipinski definition) is 1. The summed E-state index contributed by atoms with van der Waals surface area (Å²) in [5.74, 6) is -0.204. The van der Waals surface area contributed by atoms with Gasteiger partial charge in [0, 0.05) is 25.0 Å². The highest BCUT2D eigenvalue weighted by Crippen LogP contribution is 2.47. The van der Waals surface area contributed by atoms with E-state index in [1.54, 1.807) is 0 Å². The Morgan fingerprint density at radius 1 is 1.05 bits per heavy atom. The normalized spacial score (nSPS) is 20.9. The molecule has 1 heterocycles. The van der Waals surface area contributed by atoms with Gasteiger partial charge in [-0.05, 0) is 43.4 Å². The highest BCUT2D eigenvalue weighted by atomic mass is 19.1. The quantitative estimate of drug-likeness (QED) is 0.904. The van der Waals surface area contributed by atoms with Crippen molar-refractivity contribution < 1.29 is 9.18 Å². The Kier molecular flexibility index (Phi) is 4.65. The summed E-state index contributed by atoms with van der Waals surface area (Å²) in [7, 11) is 0. The molecule has 1 aliphatic carbocycles. The zero-order chi connectivity index (χ0) is 15.4. The Morgan fingerprint density at radius 2 is 1.64 bits per heavy atom. The molecule has 0 atom stereocenters. The van der Waals surface area contributed by atoms with Crippen LogP contribution in [0.15, 0.2) is 24.3 Å². The summed E-state index contributed by atoms with van der Waals surface area (Å²) in [6.07, 6.45) is 8.10. The van der Waals surface area contributed by atoms with E-state index in [1.165, 1.54) is 31.4 Å². The average Bonchev–Trinajstić information content (AvgIpc) is 3.26. The maximum absolute atomic E-state index is 13.0. The van der Waals surface area contributed by atoms with Crippen molar-refractivity contribution in [2.24, 2.45) is 0 Å². The maximum atomic E-state index is 13.0.